The molecule has 1 aromatic carbocycles. The number of hydrogen-bond donors (Lipinski definition) is 0. The molecule has 1 aliphatic rings. The first-order valence-corrected chi connectivity index (χ1v) is 10.1. The van der Waals surface area contributed by atoms with Gasteiger partial charge in [0, 0.05) is 32.4 Å². The van der Waals surface area contributed by atoms with Crippen molar-refractivity contribution in [2.75, 3.05) is 31.1 Å². The van der Waals surface area contributed by atoms with Gasteiger partial charge in [-0.25, -0.2) is 4.68 Å². The van der Waals surface area contributed by atoms with Gasteiger partial charge in [0.05, 0.1) is 11.6 Å². The predicted octanol–water partition coefficient (Wildman–Crippen LogP) is 2.81. The standard InChI is InChI=1S/C22H26N6O/c1-3-19(18-7-5-4-6-8-18)22(29)27-15-13-26(14-16-27)20-9-10-21(24-23-20)28-12-11-17(2)25-28/h4-12,19H,3,13-16H2,1-2H3. The van der Waals surface area contributed by atoms with Crippen LogP contribution in [0.4, 0.5) is 5.82 Å². The lowest BCUT2D eigenvalue weighted by Crippen LogP contribution is -2.50. The summed E-state index contributed by atoms with van der Waals surface area (Å²) < 4.78 is 1.72. The molecule has 3 heterocycles. The normalized spacial score (nSPS) is 15.4. The molecule has 1 aliphatic heterocycles. The average Bonchev–Trinajstić information content (AvgIpc) is 3.21. The minimum absolute atomic E-state index is 0.0700. The summed E-state index contributed by atoms with van der Waals surface area (Å²) in [6.07, 6.45) is 2.68. The number of amides is 1. The molecule has 0 radical (unpaired) electrons. The highest BCUT2D eigenvalue weighted by Gasteiger charge is 2.27. The third-order valence-corrected chi connectivity index (χ3v) is 5.42. The van der Waals surface area contributed by atoms with Crippen LogP contribution in [0.2, 0.25) is 0 Å². The monoisotopic (exact) mass is 390 g/mol. The van der Waals surface area contributed by atoms with Crippen molar-refractivity contribution in [1.29, 1.82) is 0 Å². The summed E-state index contributed by atoms with van der Waals surface area (Å²) >= 11 is 0. The fourth-order valence-corrected chi connectivity index (χ4v) is 3.77. The second-order valence-electron chi connectivity index (χ2n) is 7.34. The molecule has 0 spiro atoms. The van der Waals surface area contributed by atoms with E-state index in [1.807, 2.05) is 66.6 Å². The quantitative estimate of drug-likeness (QED) is 0.670. The Bertz CT molecular complexity index is 945. The van der Waals surface area contributed by atoms with Crippen molar-refractivity contribution >= 4 is 11.7 Å². The number of aryl methyl sites for hydroxylation is 1. The molecule has 1 saturated heterocycles. The summed E-state index contributed by atoms with van der Waals surface area (Å²) in [4.78, 5) is 17.2. The van der Waals surface area contributed by atoms with Crippen LogP contribution in [0.3, 0.4) is 0 Å². The van der Waals surface area contributed by atoms with Gasteiger partial charge in [-0.2, -0.15) is 5.10 Å². The molecule has 1 atom stereocenters. The van der Waals surface area contributed by atoms with Crippen molar-refractivity contribution < 1.29 is 4.79 Å². The van der Waals surface area contributed by atoms with E-state index >= 15 is 0 Å². The molecule has 7 nitrogen and oxygen atoms in total. The lowest BCUT2D eigenvalue weighted by atomic mass is 9.95. The molecule has 7 heteroatoms. The molecule has 2 aromatic heterocycles. The molecule has 0 N–H and O–H groups in total. The number of carbonyl (C=O) groups excluding carboxylic acids is 1. The summed E-state index contributed by atoms with van der Waals surface area (Å²) in [5.74, 6) is 1.68. The first kappa shape index (κ1) is 19.1. The number of carbonyl (C=O) groups is 1. The molecule has 150 valence electrons. The number of benzene rings is 1. The number of hydrogen-bond acceptors (Lipinski definition) is 5. The van der Waals surface area contributed by atoms with Crippen LogP contribution in [0, 0.1) is 6.92 Å². The van der Waals surface area contributed by atoms with Crippen LogP contribution in [0.15, 0.2) is 54.7 Å². The molecule has 0 bridgehead atoms. The fourth-order valence-electron chi connectivity index (χ4n) is 3.77. The molecule has 4 rings (SSSR count). The summed E-state index contributed by atoms with van der Waals surface area (Å²) in [5, 5.41) is 13.0. The Labute approximate surface area is 171 Å². The van der Waals surface area contributed by atoms with E-state index in [1.54, 1.807) is 4.68 Å². The molecule has 1 unspecified atom stereocenters. The minimum atomic E-state index is -0.0700. The van der Waals surface area contributed by atoms with Crippen LogP contribution >= 0.6 is 0 Å². The number of piperazine rings is 1. The van der Waals surface area contributed by atoms with Crippen molar-refractivity contribution in [3.8, 4) is 5.82 Å². The van der Waals surface area contributed by atoms with Crippen molar-refractivity contribution in [1.82, 2.24) is 24.9 Å². The molecule has 3 aromatic rings. The Hall–Kier alpha value is -3.22. The van der Waals surface area contributed by atoms with Gasteiger partial charge in [0.25, 0.3) is 0 Å². The van der Waals surface area contributed by atoms with E-state index in [0.29, 0.717) is 18.9 Å². The largest absolute Gasteiger partial charge is 0.352 e. The molecule has 0 aliphatic carbocycles. The van der Waals surface area contributed by atoms with Gasteiger partial charge in [0.1, 0.15) is 0 Å². The van der Waals surface area contributed by atoms with Crippen molar-refractivity contribution in [2.24, 2.45) is 0 Å². The van der Waals surface area contributed by atoms with E-state index in [9.17, 15) is 4.79 Å². The summed E-state index contributed by atoms with van der Waals surface area (Å²) in [6, 6.07) is 15.9. The topological polar surface area (TPSA) is 67.2 Å². The Morgan fingerprint density at radius 1 is 0.966 bits per heavy atom. The van der Waals surface area contributed by atoms with Gasteiger partial charge in [0.15, 0.2) is 11.6 Å². The van der Waals surface area contributed by atoms with E-state index < -0.39 is 0 Å². The maximum Gasteiger partial charge on any atom is 0.230 e. The maximum atomic E-state index is 13.0. The van der Waals surface area contributed by atoms with Gasteiger partial charge >= 0.3 is 0 Å². The van der Waals surface area contributed by atoms with Gasteiger partial charge in [-0.3, -0.25) is 4.79 Å². The maximum absolute atomic E-state index is 13.0. The van der Waals surface area contributed by atoms with Gasteiger partial charge in [-0.15, -0.1) is 10.2 Å². The molecular weight excluding hydrogens is 364 g/mol. The van der Waals surface area contributed by atoms with Crippen molar-refractivity contribution in [2.45, 2.75) is 26.2 Å². The minimum Gasteiger partial charge on any atom is -0.352 e. The lowest BCUT2D eigenvalue weighted by molar-refractivity contribution is -0.133. The van der Waals surface area contributed by atoms with Crippen molar-refractivity contribution in [3.63, 3.8) is 0 Å². The van der Waals surface area contributed by atoms with Gasteiger partial charge < -0.3 is 9.80 Å². The number of aromatic nitrogens is 4. The van der Waals surface area contributed by atoms with Gasteiger partial charge in [0.2, 0.25) is 5.91 Å². The second kappa shape index (κ2) is 8.43. The Morgan fingerprint density at radius 2 is 1.66 bits per heavy atom. The molecular formula is C22H26N6O. The first-order valence-electron chi connectivity index (χ1n) is 10.1. The Morgan fingerprint density at radius 3 is 2.24 bits per heavy atom. The van der Waals surface area contributed by atoms with E-state index in [1.165, 1.54) is 0 Å². The van der Waals surface area contributed by atoms with Gasteiger partial charge in [-0.1, -0.05) is 37.3 Å². The first-order chi connectivity index (χ1) is 14.2. The SMILES string of the molecule is CCC(C(=O)N1CCN(c2ccc(-n3ccc(C)n3)nn2)CC1)c1ccccc1. The zero-order chi connectivity index (χ0) is 20.2. The van der Waals surface area contributed by atoms with Crippen LogP contribution in [0.25, 0.3) is 5.82 Å². The van der Waals surface area contributed by atoms with Crippen LogP contribution < -0.4 is 4.90 Å². The molecule has 29 heavy (non-hydrogen) atoms. The van der Waals surface area contributed by atoms with Crippen LogP contribution in [0.1, 0.15) is 30.5 Å². The number of rotatable bonds is 5. The Kier molecular flexibility index (Phi) is 5.55. The zero-order valence-corrected chi connectivity index (χ0v) is 16.9. The molecule has 1 amide bonds. The Balaban J connectivity index is 1.38. The molecule has 1 fully saturated rings. The fraction of sp³-hybridized carbons (Fsp3) is 0.364. The highest BCUT2D eigenvalue weighted by Crippen LogP contribution is 2.23. The summed E-state index contributed by atoms with van der Waals surface area (Å²) in [5.41, 5.74) is 2.04. The van der Waals surface area contributed by atoms with E-state index in [0.717, 1.165) is 36.6 Å². The van der Waals surface area contributed by atoms with E-state index in [2.05, 4.69) is 27.1 Å². The zero-order valence-electron chi connectivity index (χ0n) is 16.9. The smallest absolute Gasteiger partial charge is 0.230 e. The number of nitrogens with zero attached hydrogens (tertiary/aromatic N) is 6. The van der Waals surface area contributed by atoms with Crippen LogP contribution in [0.5, 0.6) is 0 Å². The van der Waals surface area contributed by atoms with E-state index in [-0.39, 0.29) is 11.8 Å². The van der Waals surface area contributed by atoms with Crippen LogP contribution in [-0.2, 0) is 4.79 Å². The predicted molar refractivity (Wildman–Crippen MR) is 112 cm³/mol. The molecule has 0 saturated carbocycles. The number of anilines is 1. The summed E-state index contributed by atoms with van der Waals surface area (Å²) in [7, 11) is 0. The highest BCUT2D eigenvalue weighted by atomic mass is 16.2. The summed E-state index contributed by atoms with van der Waals surface area (Å²) in [6.45, 7) is 6.93. The third kappa shape index (κ3) is 4.13. The second-order valence-corrected chi connectivity index (χ2v) is 7.34. The van der Waals surface area contributed by atoms with Crippen molar-refractivity contribution in [3.05, 3.63) is 66.0 Å². The van der Waals surface area contributed by atoms with Crippen LogP contribution in [-0.4, -0.2) is 57.0 Å². The highest BCUT2D eigenvalue weighted by molar-refractivity contribution is 5.84. The third-order valence-electron chi connectivity index (χ3n) is 5.42. The van der Waals surface area contributed by atoms with Gasteiger partial charge in [-0.05, 0) is 37.1 Å². The van der Waals surface area contributed by atoms with E-state index in [4.69, 9.17) is 0 Å². The lowest BCUT2D eigenvalue weighted by Gasteiger charge is -2.36. The average molecular weight is 390 g/mol.